The number of pyridine rings is 1. The molecule has 0 spiro atoms. The van der Waals surface area contributed by atoms with Crippen LogP contribution in [0.2, 0.25) is 0 Å². The summed E-state index contributed by atoms with van der Waals surface area (Å²) in [6.45, 7) is 3.21. The molecule has 18 heavy (non-hydrogen) atoms. The molecule has 0 bridgehead atoms. The molecule has 0 saturated heterocycles. The van der Waals surface area contributed by atoms with Gasteiger partial charge >= 0.3 is 0 Å². The lowest BCUT2D eigenvalue weighted by Crippen LogP contribution is -2.20. The van der Waals surface area contributed by atoms with Crippen LogP contribution in [0.25, 0.3) is 0 Å². The molecule has 2 aromatic rings. The topological polar surface area (TPSA) is 24.9 Å². The van der Waals surface area contributed by atoms with Crippen molar-refractivity contribution in [2.75, 3.05) is 6.54 Å². The smallest absolute Gasteiger partial charge is 0.0315 e. The summed E-state index contributed by atoms with van der Waals surface area (Å²) in [6.07, 6.45) is 6.03. The number of rotatable bonds is 6. The van der Waals surface area contributed by atoms with Gasteiger partial charge in [0.1, 0.15) is 0 Å². The summed E-state index contributed by atoms with van der Waals surface area (Å²) in [5, 5.41) is 3.53. The number of nitrogens with one attached hydrogen (secondary N) is 1. The van der Waals surface area contributed by atoms with Crippen molar-refractivity contribution in [1.29, 1.82) is 0 Å². The summed E-state index contributed by atoms with van der Waals surface area (Å²) in [5.41, 5.74) is 2.66. The van der Waals surface area contributed by atoms with Crippen LogP contribution in [0.4, 0.5) is 0 Å². The van der Waals surface area contributed by atoms with Crippen LogP contribution in [0.3, 0.4) is 0 Å². The largest absolute Gasteiger partial charge is 0.310 e. The molecule has 2 heteroatoms. The van der Waals surface area contributed by atoms with Gasteiger partial charge in [-0.1, -0.05) is 36.4 Å². The molecule has 2 nitrogen and oxygen atoms in total. The normalized spacial score (nSPS) is 12.3. The van der Waals surface area contributed by atoms with Crippen molar-refractivity contribution in [3.8, 4) is 0 Å². The quantitative estimate of drug-likeness (QED) is 0.783. The molecule has 0 aliphatic heterocycles. The summed E-state index contributed by atoms with van der Waals surface area (Å²) in [6, 6.07) is 15.1. The number of aryl methyl sites for hydroxylation is 1. The Morgan fingerprint density at radius 2 is 1.94 bits per heavy atom. The van der Waals surface area contributed by atoms with Crippen LogP contribution < -0.4 is 5.32 Å². The Bertz CT molecular complexity index is 439. The first kappa shape index (κ1) is 12.8. The Kier molecular flexibility index (Phi) is 4.91. The van der Waals surface area contributed by atoms with Gasteiger partial charge in [-0.2, -0.15) is 0 Å². The highest BCUT2D eigenvalue weighted by Crippen LogP contribution is 2.09. The van der Waals surface area contributed by atoms with Gasteiger partial charge < -0.3 is 5.32 Å². The van der Waals surface area contributed by atoms with Crippen LogP contribution in [0.1, 0.15) is 30.5 Å². The van der Waals surface area contributed by atoms with Gasteiger partial charge in [0.2, 0.25) is 0 Å². The van der Waals surface area contributed by atoms with Crippen molar-refractivity contribution >= 4 is 0 Å². The second-order valence-electron chi connectivity index (χ2n) is 4.55. The zero-order chi connectivity index (χ0) is 12.6. The fourth-order valence-electron chi connectivity index (χ4n) is 2.01. The Morgan fingerprint density at radius 1 is 1.11 bits per heavy atom. The monoisotopic (exact) mass is 240 g/mol. The number of hydrogen-bond donors (Lipinski definition) is 1. The highest BCUT2D eigenvalue weighted by atomic mass is 14.9. The van der Waals surface area contributed by atoms with E-state index in [4.69, 9.17) is 0 Å². The van der Waals surface area contributed by atoms with Gasteiger partial charge in [0.15, 0.2) is 0 Å². The minimum absolute atomic E-state index is 0.370. The highest BCUT2D eigenvalue weighted by Gasteiger charge is 2.03. The average molecular weight is 240 g/mol. The van der Waals surface area contributed by atoms with Crippen LogP contribution in [0, 0.1) is 0 Å². The van der Waals surface area contributed by atoms with Crippen LogP contribution in [-0.2, 0) is 6.42 Å². The van der Waals surface area contributed by atoms with Crippen LogP contribution >= 0.6 is 0 Å². The van der Waals surface area contributed by atoms with E-state index in [9.17, 15) is 0 Å². The first-order chi connectivity index (χ1) is 8.86. The summed E-state index contributed by atoms with van der Waals surface area (Å²) in [5.74, 6) is 0. The van der Waals surface area contributed by atoms with Crippen molar-refractivity contribution in [2.45, 2.75) is 25.8 Å². The van der Waals surface area contributed by atoms with Crippen LogP contribution in [-0.4, -0.2) is 11.5 Å². The van der Waals surface area contributed by atoms with Gasteiger partial charge in [0.25, 0.3) is 0 Å². The molecule has 0 aliphatic carbocycles. The Labute approximate surface area is 109 Å². The van der Waals surface area contributed by atoms with Gasteiger partial charge in [-0.05, 0) is 43.5 Å². The summed E-state index contributed by atoms with van der Waals surface area (Å²) in [7, 11) is 0. The van der Waals surface area contributed by atoms with Crippen molar-refractivity contribution in [2.24, 2.45) is 0 Å². The molecule has 1 aromatic carbocycles. The number of nitrogens with zero attached hydrogens (tertiary/aromatic N) is 1. The van der Waals surface area contributed by atoms with E-state index < -0.39 is 0 Å². The molecule has 0 aliphatic rings. The van der Waals surface area contributed by atoms with Crippen LogP contribution in [0.5, 0.6) is 0 Å². The molecule has 1 aromatic heterocycles. The molecule has 0 amide bonds. The summed E-state index contributed by atoms with van der Waals surface area (Å²) in [4.78, 5) is 4.14. The zero-order valence-corrected chi connectivity index (χ0v) is 10.8. The lowest BCUT2D eigenvalue weighted by Gasteiger charge is -2.13. The van der Waals surface area contributed by atoms with Gasteiger partial charge in [-0.25, -0.2) is 0 Å². The molecule has 0 saturated carbocycles. The van der Waals surface area contributed by atoms with E-state index in [1.54, 1.807) is 0 Å². The van der Waals surface area contributed by atoms with Crippen LogP contribution in [0.15, 0.2) is 54.9 Å². The van der Waals surface area contributed by atoms with E-state index >= 15 is 0 Å². The number of benzene rings is 1. The van der Waals surface area contributed by atoms with Gasteiger partial charge in [0, 0.05) is 18.4 Å². The molecular weight excluding hydrogens is 220 g/mol. The summed E-state index contributed by atoms with van der Waals surface area (Å²) >= 11 is 0. The molecule has 0 radical (unpaired) electrons. The maximum atomic E-state index is 4.14. The van der Waals surface area contributed by atoms with Gasteiger partial charge in [0.05, 0.1) is 0 Å². The standard InChI is InChI=1S/C16H20N2/c1-14(16-10-6-11-17-13-16)18-12-5-9-15-7-3-2-4-8-15/h2-4,6-8,10-11,13-14,18H,5,9,12H2,1H3/t14-/m0/s1. The molecule has 0 unspecified atom stereocenters. The molecule has 0 fully saturated rings. The maximum Gasteiger partial charge on any atom is 0.0315 e. The van der Waals surface area contributed by atoms with E-state index in [0.717, 1.165) is 19.4 Å². The molecule has 1 atom stereocenters. The average Bonchev–Trinajstić information content (AvgIpc) is 2.45. The number of aromatic nitrogens is 1. The van der Waals surface area contributed by atoms with E-state index in [0.29, 0.717) is 6.04 Å². The van der Waals surface area contributed by atoms with Gasteiger partial charge in [-0.3, -0.25) is 4.98 Å². The van der Waals surface area contributed by atoms with Gasteiger partial charge in [-0.15, -0.1) is 0 Å². The predicted octanol–water partition coefficient (Wildman–Crippen LogP) is 3.37. The fraction of sp³-hybridized carbons (Fsp3) is 0.312. The third-order valence-corrected chi connectivity index (χ3v) is 3.12. The third-order valence-electron chi connectivity index (χ3n) is 3.12. The van der Waals surface area contributed by atoms with Crippen molar-refractivity contribution < 1.29 is 0 Å². The molecular formula is C16H20N2. The minimum Gasteiger partial charge on any atom is -0.310 e. The third kappa shape index (κ3) is 3.97. The van der Waals surface area contributed by atoms with Crippen molar-refractivity contribution in [3.05, 3.63) is 66.0 Å². The molecule has 2 rings (SSSR count). The number of hydrogen-bond acceptors (Lipinski definition) is 2. The zero-order valence-electron chi connectivity index (χ0n) is 10.8. The molecule has 94 valence electrons. The van der Waals surface area contributed by atoms with E-state index in [1.807, 2.05) is 18.5 Å². The Hall–Kier alpha value is -1.67. The van der Waals surface area contributed by atoms with E-state index in [-0.39, 0.29) is 0 Å². The second kappa shape index (κ2) is 6.92. The predicted molar refractivity (Wildman–Crippen MR) is 75.4 cm³/mol. The lowest BCUT2D eigenvalue weighted by atomic mass is 10.1. The first-order valence-corrected chi connectivity index (χ1v) is 6.53. The molecule has 1 N–H and O–H groups in total. The van der Waals surface area contributed by atoms with Crippen molar-refractivity contribution in [1.82, 2.24) is 10.3 Å². The first-order valence-electron chi connectivity index (χ1n) is 6.53. The SMILES string of the molecule is C[C@H](NCCCc1ccccc1)c1cccnc1. The summed E-state index contributed by atoms with van der Waals surface area (Å²) < 4.78 is 0. The molecule has 1 heterocycles. The minimum atomic E-state index is 0.370. The fourth-order valence-corrected chi connectivity index (χ4v) is 2.01. The van der Waals surface area contributed by atoms with E-state index in [1.165, 1.54) is 11.1 Å². The van der Waals surface area contributed by atoms with Crippen molar-refractivity contribution in [3.63, 3.8) is 0 Å². The second-order valence-corrected chi connectivity index (χ2v) is 4.55. The lowest BCUT2D eigenvalue weighted by molar-refractivity contribution is 0.557. The van der Waals surface area contributed by atoms with E-state index in [2.05, 4.69) is 53.6 Å². The highest BCUT2D eigenvalue weighted by molar-refractivity contribution is 5.15. The Morgan fingerprint density at radius 3 is 2.67 bits per heavy atom. The Balaban J connectivity index is 1.70. The maximum absolute atomic E-state index is 4.14.